The summed E-state index contributed by atoms with van der Waals surface area (Å²) >= 11 is 0. The van der Waals surface area contributed by atoms with E-state index in [9.17, 15) is 4.79 Å². The van der Waals surface area contributed by atoms with Crippen LogP contribution in [0.25, 0.3) is 0 Å². The first-order valence-electron chi connectivity index (χ1n) is 9.72. The Morgan fingerprint density at radius 1 is 1.25 bits per heavy atom. The number of nitrogens with one attached hydrogen (secondary N) is 1. The monoisotopic (exact) mass is 383 g/mol. The first-order valence-corrected chi connectivity index (χ1v) is 9.72. The molecule has 5 nitrogen and oxygen atoms in total. The highest BCUT2D eigenvalue weighted by Crippen LogP contribution is 2.41. The van der Waals surface area contributed by atoms with Crippen LogP contribution in [0.1, 0.15) is 50.8 Å². The van der Waals surface area contributed by atoms with E-state index < -0.39 is 11.7 Å². The molecule has 0 bridgehead atoms. The minimum Gasteiger partial charge on any atom is -0.497 e. The molecule has 0 aliphatic carbocycles. The van der Waals surface area contributed by atoms with Crippen molar-refractivity contribution in [3.05, 3.63) is 53.6 Å². The predicted molar refractivity (Wildman–Crippen MR) is 109 cm³/mol. The van der Waals surface area contributed by atoms with Gasteiger partial charge < -0.3 is 19.5 Å². The van der Waals surface area contributed by atoms with Gasteiger partial charge in [-0.2, -0.15) is 0 Å². The van der Waals surface area contributed by atoms with Crippen molar-refractivity contribution in [2.24, 2.45) is 0 Å². The highest BCUT2D eigenvalue weighted by atomic mass is 16.5. The van der Waals surface area contributed by atoms with Crippen molar-refractivity contribution >= 4 is 5.91 Å². The Hall–Kier alpha value is -2.69. The van der Waals surface area contributed by atoms with Gasteiger partial charge >= 0.3 is 0 Å². The molecule has 2 atom stereocenters. The Bertz CT molecular complexity index is 846. The van der Waals surface area contributed by atoms with Gasteiger partial charge in [0.15, 0.2) is 6.10 Å². The number of amides is 1. The van der Waals surface area contributed by atoms with Gasteiger partial charge in [-0.3, -0.25) is 4.79 Å². The molecule has 3 rings (SSSR count). The van der Waals surface area contributed by atoms with Gasteiger partial charge in [0, 0.05) is 18.1 Å². The average molecular weight is 383 g/mol. The molecule has 0 aromatic heterocycles. The lowest BCUT2D eigenvalue weighted by Gasteiger charge is -2.38. The van der Waals surface area contributed by atoms with Crippen LogP contribution in [0.5, 0.6) is 17.2 Å². The van der Waals surface area contributed by atoms with Crippen molar-refractivity contribution in [1.29, 1.82) is 0 Å². The fourth-order valence-corrected chi connectivity index (χ4v) is 3.53. The molecule has 1 heterocycles. The number of fused-ring (bicyclic) bond motifs is 1. The van der Waals surface area contributed by atoms with Gasteiger partial charge in [0.1, 0.15) is 22.8 Å². The Morgan fingerprint density at radius 2 is 2.04 bits per heavy atom. The number of carbonyl (C=O) groups excluding carboxylic acids is 1. The smallest absolute Gasteiger partial charge is 0.261 e. The SMILES string of the molecule is CC[C@H](Oc1cccc(C)c1)C(=O)N[C@H]1CC(C)(C)Oc2cc(OC)ccc21. The van der Waals surface area contributed by atoms with Crippen LogP contribution < -0.4 is 19.5 Å². The molecule has 2 aromatic carbocycles. The van der Waals surface area contributed by atoms with Gasteiger partial charge in [0.2, 0.25) is 0 Å². The lowest BCUT2D eigenvalue weighted by atomic mass is 9.89. The topological polar surface area (TPSA) is 56.8 Å². The van der Waals surface area contributed by atoms with E-state index in [-0.39, 0.29) is 11.9 Å². The van der Waals surface area contributed by atoms with E-state index in [1.165, 1.54) is 0 Å². The molecule has 2 aromatic rings. The Labute approximate surface area is 167 Å². The normalized spacial score (nSPS) is 18.4. The van der Waals surface area contributed by atoms with Crippen molar-refractivity contribution in [3.8, 4) is 17.2 Å². The molecule has 0 unspecified atom stereocenters. The molecule has 0 saturated carbocycles. The Kier molecular flexibility index (Phi) is 5.82. The molecule has 0 fully saturated rings. The third-order valence-electron chi connectivity index (χ3n) is 4.93. The van der Waals surface area contributed by atoms with Gasteiger partial charge in [0.05, 0.1) is 13.2 Å². The van der Waals surface area contributed by atoms with Gasteiger partial charge in [0.25, 0.3) is 5.91 Å². The molecular formula is C23H29NO4. The van der Waals surface area contributed by atoms with E-state index in [4.69, 9.17) is 14.2 Å². The molecule has 0 radical (unpaired) electrons. The van der Waals surface area contributed by atoms with Crippen molar-refractivity contribution in [2.45, 2.75) is 58.3 Å². The van der Waals surface area contributed by atoms with E-state index in [0.717, 1.165) is 22.6 Å². The number of benzene rings is 2. The Balaban J connectivity index is 1.78. The van der Waals surface area contributed by atoms with Crippen LogP contribution in [0.3, 0.4) is 0 Å². The van der Waals surface area contributed by atoms with Crippen LogP contribution in [0.2, 0.25) is 0 Å². The first-order chi connectivity index (χ1) is 13.3. The third kappa shape index (κ3) is 4.58. The number of hydrogen-bond donors (Lipinski definition) is 1. The van der Waals surface area contributed by atoms with Crippen LogP contribution in [0.15, 0.2) is 42.5 Å². The minimum atomic E-state index is -0.547. The van der Waals surface area contributed by atoms with Gasteiger partial charge in [-0.1, -0.05) is 19.1 Å². The van der Waals surface area contributed by atoms with E-state index in [2.05, 4.69) is 5.32 Å². The summed E-state index contributed by atoms with van der Waals surface area (Å²) in [4.78, 5) is 13.0. The molecule has 1 aliphatic rings. The van der Waals surface area contributed by atoms with Crippen molar-refractivity contribution in [3.63, 3.8) is 0 Å². The first kappa shape index (κ1) is 20.1. The lowest BCUT2D eigenvalue weighted by Crippen LogP contribution is -2.45. The van der Waals surface area contributed by atoms with Gasteiger partial charge in [-0.15, -0.1) is 0 Å². The summed E-state index contributed by atoms with van der Waals surface area (Å²) in [5.74, 6) is 2.07. The molecule has 28 heavy (non-hydrogen) atoms. The number of methoxy groups -OCH3 is 1. The largest absolute Gasteiger partial charge is 0.497 e. The second kappa shape index (κ2) is 8.13. The molecule has 1 N–H and O–H groups in total. The van der Waals surface area contributed by atoms with E-state index in [1.54, 1.807) is 7.11 Å². The standard InChI is InChI=1S/C23H29NO4/c1-6-20(27-17-9-7-8-15(2)12-17)22(25)24-19-14-23(3,4)28-21-13-16(26-5)10-11-18(19)21/h7-13,19-20H,6,14H2,1-5H3,(H,24,25)/t19-,20-/m0/s1. The summed E-state index contributed by atoms with van der Waals surface area (Å²) in [5.41, 5.74) is 1.66. The quantitative estimate of drug-likeness (QED) is 0.793. The number of rotatable bonds is 6. The molecule has 0 saturated heterocycles. The van der Waals surface area contributed by atoms with E-state index in [0.29, 0.717) is 18.6 Å². The Morgan fingerprint density at radius 3 is 2.71 bits per heavy atom. The van der Waals surface area contributed by atoms with Crippen LogP contribution >= 0.6 is 0 Å². The molecule has 150 valence electrons. The fraction of sp³-hybridized carbons (Fsp3) is 0.435. The van der Waals surface area contributed by atoms with Crippen LogP contribution in [-0.2, 0) is 4.79 Å². The number of hydrogen-bond acceptors (Lipinski definition) is 4. The summed E-state index contributed by atoms with van der Waals surface area (Å²) in [6.07, 6.45) is 0.718. The van der Waals surface area contributed by atoms with Crippen molar-refractivity contribution in [2.75, 3.05) is 7.11 Å². The summed E-state index contributed by atoms with van der Waals surface area (Å²) < 4.78 is 17.4. The number of ether oxygens (including phenoxy) is 3. The van der Waals surface area contributed by atoms with Crippen LogP contribution in [0.4, 0.5) is 0 Å². The zero-order valence-electron chi connectivity index (χ0n) is 17.2. The van der Waals surface area contributed by atoms with E-state index in [1.807, 2.05) is 70.2 Å². The number of aryl methyl sites for hydroxylation is 1. The molecule has 1 aliphatic heterocycles. The average Bonchev–Trinajstić information content (AvgIpc) is 2.64. The maximum atomic E-state index is 13.0. The van der Waals surface area contributed by atoms with Gasteiger partial charge in [-0.25, -0.2) is 0 Å². The second-order valence-corrected chi connectivity index (χ2v) is 7.86. The number of carbonyl (C=O) groups is 1. The maximum absolute atomic E-state index is 13.0. The fourth-order valence-electron chi connectivity index (χ4n) is 3.53. The van der Waals surface area contributed by atoms with Crippen LogP contribution in [0, 0.1) is 6.92 Å². The lowest BCUT2D eigenvalue weighted by molar-refractivity contribution is -0.129. The zero-order chi connectivity index (χ0) is 20.3. The molecule has 0 spiro atoms. The van der Waals surface area contributed by atoms with Crippen LogP contribution in [-0.4, -0.2) is 24.7 Å². The van der Waals surface area contributed by atoms with Crippen molar-refractivity contribution < 1.29 is 19.0 Å². The third-order valence-corrected chi connectivity index (χ3v) is 4.93. The minimum absolute atomic E-state index is 0.117. The molecular weight excluding hydrogens is 354 g/mol. The molecule has 5 heteroatoms. The molecule has 1 amide bonds. The summed E-state index contributed by atoms with van der Waals surface area (Å²) in [5, 5.41) is 3.17. The summed E-state index contributed by atoms with van der Waals surface area (Å²) in [6, 6.07) is 13.3. The summed E-state index contributed by atoms with van der Waals surface area (Å²) in [7, 11) is 1.63. The predicted octanol–water partition coefficient (Wildman–Crippen LogP) is 4.58. The van der Waals surface area contributed by atoms with Crippen molar-refractivity contribution in [1.82, 2.24) is 5.32 Å². The summed E-state index contributed by atoms with van der Waals surface area (Å²) in [6.45, 7) is 8.00. The highest BCUT2D eigenvalue weighted by Gasteiger charge is 2.36. The van der Waals surface area contributed by atoms with E-state index >= 15 is 0 Å². The second-order valence-electron chi connectivity index (χ2n) is 7.86. The maximum Gasteiger partial charge on any atom is 0.261 e. The highest BCUT2D eigenvalue weighted by molar-refractivity contribution is 5.81. The van der Waals surface area contributed by atoms with Gasteiger partial charge in [-0.05, 0) is 57.0 Å². The zero-order valence-corrected chi connectivity index (χ0v) is 17.2.